The SMILES string of the molecule is Cn1c(CN2CCNCC2(C)C)nc2c(N3CCOCC3)nc(Cl)nc21. The minimum atomic E-state index is 0.0900. The molecular formula is C17H26ClN7O. The molecule has 2 saturated heterocycles. The van der Waals surface area contributed by atoms with Crippen molar-refractivity contribution in [1.82, 2.24) is 29.7 Å². The summed E-state index contributed by atoms with van der Waals surface area (Å²) < 4.78 is 7.51. The largest absolute Gasteiger partial charge is 0.378 e. The molecule has 0 aromatic carbocycles. The third-order valence-electron chi connectivity index (χ3n) is 5.38. The summed E-state index contributed by atoms with van der Waals surface area (Å²) in [6, 6.07) is 0. The number of aromatic nitrogens is 4. The van der Waals surface area contributed by atoms with Crippen LogP contribution in [-0.4, -0.2) is 75.9 Å². The van der Waals surface area contributed by atoms with Crippen molar-refractivity contribution in [2.75, 3.05) is 50.8 Å². The number of imidazole rings is 1. The number of fused-ring (bicyclic) bond motifs is 1. The molecule has 2 aliphatic heterocycles. The first-order chi connectivity index (χ1) is 12.5. The normalized spacial score (nSPS) is 21.5. The summed E-state index contributed by atoms with van der Waals surface area (Å²) in [6.07, 6.45) is 0. The lowest BCUT2D eigenvalue weighted by Gasteiger charge is -2.42. The van der Waals surface area contributed by atoms with Gasteiger partial charge >= 0.3 is 0 Å². The predicted molar refractivity (Wildman–Crippen MR) is 102 cm³/mol. The molecule has 0 unspecified atom stereocenters. The zero-order valence-corrected chi connectivity index (χ0v) is 16.4. The van der Waals surface area contributed by atoms with Gasteiger partial charge in [0.05, 0.1) is 19.8 Å². The van der Waals surface area contributed by atoms with Crippen LogP contribution < -0.4 is 10.2 Å². The Labute approximate surface area is 158 Å². The van der Waals surface area contributed by atoms with Gasteiger partial charge in [-0.15, -0.1) is 0 Å². The summed E-state index contributed by atoms with van der Waals surface area (Å²) in [5.74, 6) is 1.80. The Morgan fingerprint density at radius 1 is 1.15 bits per heavy atom. The topological polar surface area (TPSA) is 71.3 Å². The summed E-state index contributed by atoms with van der Waals surface area (Å²) in [5.41, 5.74) is 1.70. The van der Waals surface area contributed by atoms with E-state index in [1.165, 1.54) is 0 Å². The van der Waals surface area contributed by atoms with Crippen molar-refractivity contribution in [2.45, 2.75) is 25.9 Å². The Bertz CT molecular complexity index is 800. The molecule has 2 fully saturated rings. The highest BCUT2D eigenvalue weighted by Gasteiger charge is 2.31. The maximum Gasteiger partial charge on any atom is 0.226 e. The van der Waals surface area contributed by atoms with Gasteiger partial charge in [0.15, 0.2) is 17.0 Å². The van der Waals surface area contributed by atoms with E-state index in [1.54, 1.807) is 0 Å². The van der Waals surface area contributed by atoms with Crippen molar-refractivity contribution in [3.05, 3.63) is 11.1 Å². The van der Waals surface area contributed by atoms with Gasteiger partial charge in [-0.2, -0.15) is 9.97 Å². The van der Waals surface area contributed by atoms with Crippen LogP contribution in [0.3, 0.4) is 0 Å². The Balaban J connectivity index is 1.71. The number of hydrogen-bond acceptors (Lipinski definition) is 7. The van der Waals surface area contributed by atoms with Crippen LogP contribution in [0.15, 0.2) is 0 Å². The molecule has 142 valence electrons. The third-order valence-corrected chi connectivity index (χ3v) is 5.55. The molecule has 0 saturated carbocycles. The molecular weight excluding hydrogens is 354 g/mol. The van der Waals surface area contributed by atoms with Crippen molar-refractivity contribution >= 4 is 28.6 Å². The fourth-order valence-corrected chi connectivity index (χ4v) is 3.85. The van der Waals surface area contributed by atoms with E-state index in [1.807, 2.05) is 11.6 Å². The van der Waals surface area contributed by atoms with E-state index in [9.17, 15) is 0 Å². The van der Waals surface area contributed by atoms with E-state index < -0.39 is 0 Å². The highest BCUT2D eigenvalue weighted by atomic mass is 35.5. The van der Waals surface area contributed by atoms with Crippen molar-refractivity contribution < 1.29 is 4.74 Å². The number of rotatable bonds is 3. The predicted octanol–water partition coefficient (Wildman–Crippen LogP) is 1.04. The molecule has 0 amide bonds. The lowest BCUT2D eigenvalue weighted by atomic mass is 10.0. The summed E-state index contributed by atoms with van der Waals surface area (Å²) in [5, 5.41) is 3.72. The maximum absolute atomic E-state index is 6.22. The second-order valence-corrected chi connectivity index (χ2v) is 7.92. The first-order valence-corrected chi connectivity index (χ1v) is 9.51. The fourth-order valence-electron chi connectivity index (χ4n) is 3.69. The number of anilines is 1. The Kier molecular flexibility index (Phi) is 4.77. The smallest absolute Gasteiger partial charge is 0.226 e. The molecule has 0 bridgehead atoms. The quantitative estimate of drug-likeness (QED) is 0.799. The maximum atomic E-state index is 6.22. The van der Waals surface area contributed by atoms with Crippen molar-refractivity contribution in [3.8, 4) is 0 Å². The highest BCUT2D eigenvalue weighted by molar-refractivity contribution is 6.28. The number of morpholine rings is 1. The molecule has 0 radical (unpaired) electrons. The van der Waals surface area contributed by atoms with E-state index in [2.05, 4.69) is 38.9 Å². The van der Waals surface area contributed by atoms with Gasteiger partial charge in [-0.05, 0) is 25.4 Å². The molecule has 1 N–H and O–H groups in total. The second kappa shape index (κ2) is 6.92. The van der Waals surface area contributed by atoms with Gasteiger partial charge in [0.25, 0.3) is 0 Å². The van der Waals surface area contributed by atoms with Gasteiger partial charge in [0.2, 0.25) is 5.28 Å². The summed E-state index contributed by atoms with van der Waals surface area (Å²) in [6.45, 7) is 11.2. The number of nitrogens with one attached hydrogen (secondary N) is 1. The highest BCUT2D eigenvalue weighted by Crippen LogP contribution is 2.27. The van der Waals surface area contributed by atoms with Crippen LogP contribution in [0.2, 0.25) is 5.28 Å². The first kappa shape index (κ1) is 17.9. The molecule has 0 spiro atoms. The van der Waals surface area contributed by atoms with Gasteiger partial charge in [-0.1, -0.05) is 0 Å². The molecule has 0 atom stereocenters. The van der Waals surface area contributed by atoms with Crippen LogP contribution in [0.5, 0.6) is 0 Å². The third kappa shape index (κ3) is 3.26. The fraction of sp³-hybridized carbons (Fsp3) is 0.706. The van der Waals surface area contributed by atoms with E-state index in [-0.39, 0.29) is 10.8 Å². The van der Waals surface area contributed by atoms with Crippen molar-refractivity contribution in [1.29, 1.82) is 0 Å². The molecule has 2 aliphatic rings. The monoisotopic (exact) mass is 379 g/mol. The van der Waals surface area contributed by atoms with Crippen LogP contribution >= 0.6 is 11.6 Å². The van der Waals surface area contributed by atoms with E-state index in [0.717, 1.165) is 62.1 Å². The van der Waals surface area contributed by atoms with E-state index >= 15 is 0 Å². The minimum Gasteiger partial charge on any atom is -0.378 e. The number of ether oxygens (including phenoxy) is 1. The average molecular weight is 380 g/mol. The van der Waals surface area contributed by atoms with Crippen LogP contribution in [-0.2, 0) is 18.3 Å². The average Bonchev–Trinajstić information content (AvgIpc) is 2.93. The van der Waals surface area contributed by atoms with E-state index in [4.69, 9.17) is 21.3 Å². The van der Waals surface area contributed by atoms with E-state index in [0.29, 0.717) is 13.2 Å². The summed E-state index contributed by atoms with van der Waals surface area (Å²) in [7, 11) is 2.01. The lowest BCUT2D eigenvalue weighted by molar-refractivity contribution is 0.0792. The van der Waals surface area contributed by atoms with Gasteiger partial charge in [0, 0.05) is 45.3 Å². The summed E-state index contributed by atoms with van der Waals surface area (Å²) in [4.78, 5) is 18.5. The van der Waals surface area contributed by atoms with Crippen LogP contribution in [0, 0.1) is 0 Å². The number of nitrogens with zero attached hydrogens (tertiary/aromatic N) is 6. The molecule has 4 heterocycles. The van der Waals surface area contributed by atoms with Crippen LogP contribution in [0.4, 0.5) is 5.82 Å². The molecule has 4 rings (SSSR count). The Morgan fingerprint density at radius 2 is 1.92 bits per heavy atom. The molecule has 2 aromatic heterocycles. The number of halogens is 1. The molecule has 2 aromatic rings. The number of hydrogen-bond donors (Lipinski definition) is 1. The molecule has 9 heteroatoms. The van der Waals surface area contributed by atoms with Crippen LogP contribution in [0.25, 0.3) is 11.2 Å². The zero-order valence-electron chi connectivity index (χ0n) is 15.6. The van der Waals surface area contributed by atoms with Gasteiger partial charge < -0.3 is 19.5 Å². The minimum absolute atomic E-state index is 0.0900. The second-order valence-electron chi connectivity index (χ2n) is 7.59. The van der Waals surface area contributed by atoms with Crippen molar-refractivity contribution in [3.63, 3.8) is 0 Å². The summed E-state index contributed by atoms with van der Waals surface area (Å²) >= 11 is 6.22. The van der Waals surface area contributed by atoms with Crippen molar-refractivity contribution in [2.24, 2.45) is 7.05 Å². The molecule has 0 aliphatic carbocycles. The Hall–Kier alpha value is -1.48. The van der Waals surface area contributed by atoms with Gasteiger partial charge in [-0.25, -0.2) is 4.98 Å². The number of aryl methyl sites for hydroxylation is 1. The molecule has 8 nitrogen and oxygen atoms in total. The number of piperazine rings is 1. The van der Waals surface area contributed by atoms with Gasteiger partial charge in [-0.3, -0.25) is 4.90 Å². The van der Waals surface area contributed by atoms with Crippen LogP contribution in [0.1, 0.15) is 19.7 Å². The van der Waals surface area contributed by atoms with Gasteiger partial charge in [0.1, 0.15) is 5.82 Å². The first-order valence-electron chi connectivity index (χ1n) is 9.13. The standard InChI is InChI=1S/C17H26ClN7O/c1-17(2)11-19-4-5-25(17)10-12-20-13-14(23(12)3)21-16(18)22-15(13)24-6-8-26-9-7-24/h19H,4-11H2,1-3H3. The molecule has 26 heavy (non-hydrogen) atoms. The Morgan fingerprint density at radius 3 is 2.65 bits per heavy atom. The lowest BCUT2D eigenvalue weighted by Crippen LogP contribution is -2.57. The zero-order chi connectivity index (χ0) is 18.3.